The first-order chi connectivity index (χ1) is 10.8. The van der Waals surface area contributed by atoms with Gasteiger partial charge in [-0.2, -0.15) is 4.98 Å². The zero-order valence-electron chi connectivity index (χ0n) is 13.2. The Kier molecular flexibility index (Phi) is 4.72. The second kappa shape index (κ2) is 6.91. The third-order valence-corrected chi connectivity index (χ3v) is 4.15. The van der Waals surface area contributed by atoms with E-state index < -0.39 is 0 Å². The molecule has 0 aliphatic carbocycles. The number of nitrogens with zero attached hydrogens (tertiary/aromatic N) is 5. The van der Waals surface area contributed by atoms with Crippen LogP contribution < -0.4 is 9.64 Å². The van der Waals surface area contributed by atoms with Crippen LogP contribution in [-0.4, -0.2) is 66.5 Å². The Bertz CT molecular complexity index is 528. The number of anilines is 1. The second-order valence-corrected chi connectivity index (χ2v) is 5.63. The van der Waals surface area contributed by atoms with E-state index in [2.05, 4.69) is 31.8 Å². The molecular formula is C15H23N5O2. The van der Waals surface area contributed by atoms with Crippen molar-refractivity contribution in [3.05, 3.63) is 12.3 Å². The highest BCUT2D eigenvalue weighted by molar-refractivity contribution is 5.85. The van der Waals surface area contributed by atoms with Crippen molar-refractivity contribution in [3.8, 4) is 5.88 Å². The molecule has 3 heterocycles. The minimum atomic E-state index is 0.217. The number of aromatic nitrogens is 2. The predicted octanol–water partition coefficient (Wildman–Crippen LogP) is 1.16. The molecule has 0 saturated carbocycles. The lowest BCUT2D eigenvalue weighted by Crippen LogP contribution is -2.49. The maximum absolute atomic E-state index is 5.49. The first-order valence-corrected chi connectivity index (χ1v) is 7.84. The molecule has 0 amide bonds. The van der Waals surface area contributed by atoms with Crippen LogP contribution >= 0.6 is 0 Å². The summed E-state index contributed by atoms with van der Waals surface area (Å²) < 4.78 is 5.16. The lowest BCUT2D eigenvalue weighted by atomic mass is 10.1. The molecular weight excluding hydrogens is 282 g/mol. The summed E-state index contributed by atoms with van der Waals surface area (Å²) in [6, 6.07) is 1.77. The van der Waals surface area contributed by atoms with E-state index in [-0.39, 0.29) is 6.10 Å². The maximum Gasteiger partial charge on any atom is 0.228 e. The quantitative estimate of drug-likeness (QED) is 0.813. The van der Waals surface area contributed by atoms with Gasteiger partial charge in [-0.3, -0.25) is 4.90 Å². The average Bonchev–Trinajstić information content (AvgIpc) is 3.03. The Labute approximate surface area is 130 Å². The van der Waals surface area contributed by atoms with Gasteiger partial charge >= 0.3 is 0 Å². The summed E-state index contributed by atoms with van der Waals surface area (Å²) in [5.41, 5.74) is 1.17. The number of ether oxygens (including phenoxy) is 1. The topological polar surface area (TPSA) is 63.1 Å². The molecule has 120 valence electrons. The fraction of sp³-hybridized carbons (Fsp3) is 0.667. The number of hydrogen-bond acceptors (Lipinski definition) is 7. The lowest BCUT2D eigenvalue weighted by molar-refractivity contribution is 0.0509. The van der Waals surface area contributed by atoms with Crippen LogP contribution in [0.5, 0.6) is 5.88 Å². The van der Waals surface area contributed by atoms with Crippen molar-refractivity contribution in [3.63, 3.8) is 0 Å². The van der Waals surface area contributed by atoms with Gasteiger partial charge in [-0.1, -0.05) is 12.1 Å². The van der Waals surface area contributed by atoms with Crippen LogP contribution in [0.25, 0.3) is 0 Å². The molecule has 2 aliphatic heterocycles. The first-order valence-electron chi connectivity index (χ1n) is 7.84. The highest BCUT2D eigenvalue weighted by Crippen LogP contribution is 2.17. The van der Waals surface area contributed by atoms with Crippen LogP contribution in [-0.2, 0) is 4.84 Å². The summed E-state index contributed by atoms with van der Waals surface area (Å²) in [5.74, 6) is 1.35. The van der Waals surface area contributed by atoms with E-state index in [4.69, 9.17) is 9.57 Å². The molecule has 0 N–H and O–H groups in total. The van der Waals surface area contributed by atoms with Crippen molar-refractivity contribution in [1.82, 2.24) is 14.9 Å². The van der Waals surface area contributed by atoms with E-state index in [0.717, 1.165) is 51.5 Å². The molecule has 1 aromatic rings. The molecule has 0 radical (unpaired) electrons. The van der Waals surface area contributed by atoms with Crippen molar-refractivity contribution in [1.29, 1.82) is 0 Å². The van der Waals surface area contributed by atoms with Gasteiger partial charge in [-0.05, 0) is 6.42 Å². The SMILES string of the molecule is CCC1=NO[C@@H](CN2CCN(c3nccc(OC)n3)CC2)C1. The molecule has 0 spiro atoms. The highest BCUT2D eigenvalue weighted by Gasteiger charge is 2.25. The van der Waals surface area contributed by atoms with E-state index in [1.807, 2.05) is 0 Å². The van der Waals surface area contributed by atoms with E-state index in [0.29, 0.717) is 5.88 Å². The van der Waals surface area contributed by atoms with Gasteiger partial charge in [0.2, 0.25) is 11.8 Å². The molecule has 1 saturated heterocycles. The Morgan fingerprint density at radius 2 is 2.14 bits per heavy atom. The largest absolute Gasteiger partial charge is 0.481 e. The molecule has 22 heavy (non-hydrogen) atoms. The van der Waals surface area contributed by atoms with Crippen LogP contribution in [0.4, 0.5) is 5.95 Å². The molecule has 3 rings (SSSR count). The van der Waals surface area contributed by atoms with E-state index >= 15 is 0 Å². The summed E-state index contributed by atoms with van der Waals surface area (Å²) >= 11 is 0. The van der Waals surface area contributed by atoms with E-state index in [1.165, 1.54) is 5.71 Å². The Hall–Kier alpha value is -1.89. The summed E-state index contributed by atoms with van der Waals surface area (Å²) in [6.45, 7) is 6.88. The van der Waals surface area contributed by atoms with Gasteiger partial charge in [0, 0.05) is 51.4 Å². The molecule has 1 aromatic heterocycles. The van der Waals surface area contributed by atoms with Crippen molar-refractivity contribution in [2.24, 2.45) is 5.16 Å². The van der Waals surface area contributed by atoms with Crippen LogP contribution in [0, 0.1) is 0 Å². The Morgan fingerprint density at radius 1 is 1.32 bits per heavy atom. The molecule has 7 heteroatoms. The third-order valence-electron chi connectivity index (χ3n) is 4.15. The average molecular weight is 305 g/mol. The van der Waals surface area contributed by atoms with Gasteiger partial charge in [-0.15, -0.1) is 0 Å². The zero-order chi connectivity index (χ0) is 15.4. The van der Waals surface area contributed by atoms with Gasteiger partial charge in [-0.25, -0.2) is 4.98 Å². The minimum Gasteiger partial charge on any atom is -0.481 e. The summed E-state index contributed by atoms with van der Waals surface area (Å²) in [4.78, 5) is 18.8. The smallest absolute Gasteiger partial charge is 0.228 e. The van der Waals surface area contributed by atoms with Crippen molar-refractivity contribution >= 4 is 11.7 Å². The molecule has 0 bridgehead atoms. The predicted molar refractivity (Wildman–Crippen MR) is 84.5 cm³/mol. The molecule has 7 nitrogen and oxygen atoms in total. The molecule has 1 atom stereocenters. The number of rotatable bonds is 5. The van der Waals surface area contributed by atoms with E-state index in [9.17, 15) is 0 Å². The first kappa shape index (κ1) is 15.0. The van der Waals surface area contributed by atoms with Gasteiger partial charge < -0.3 is 14.5 Å². The fourth-order valence-electron chi connectivity index (χ4n) is 2.81. The highest BCUT2D eigenvalue weighted by atomic mass is 16.6. The maximum atomic E-state index is 5.49. The molecule has 2 aliphatic rings. The minimum absolute atomic E-state index is 0.217. The Morgan fingerprint density at radius 3 is 2.82 bits per heavy atom. The van der Waals surface area contributed by atoms with Gasteiger partial charge in [0.05, 0.1) is 12.8 Å². The normalized spacial score (nSPS) is 22.4. The van der Waals surface area contributed by atoms with Crippen LogP contribution in [0.2, 0.25) is 0 Å². The lowest BCUT2D eigenvalue weighted by Gasteiger charge is -2.35. The molecule has 0 aromatic carbocycles. The van der Waals surface area contributed by atoms with Gasteiger partial charge in [0.25, 0.3) is 0 Å². The number of piperazine rings is 1. The Balaban J connectivity index is 1.48. The fourth-order valence-corrected chi connectivity index (χ4v) is 2.81. The number of oxime groups is 1. The monoisotopic (exact) mass is 305 g/mol. The number of hydrogen-bond donors (Lipinski definition) is 0. The third kappa shape index (κ3) is 3.47. The molecule has 0 unspecified atom stereocenters. The standard InChI is InChI=1S/C15H23N5O2/c1-3-12-10-13(22-18-12)11-19-6-8-20(9-7-19)15-16-5-4-14(17-15)21-2/h4-5,13H,3,6-11H2,1-2H3/t13-/m1/s1. The van der Waals surface area contributed by atoms with Crippen molar-refractivity contribution in [2.75, 3.05) is 44.7 Å². The van der Waals surface area contributed by atoms with E-state index in [1.54, 1.807) is 19.4 Å². The summed E-state index contributed by atoms with van der Waals surface area (Å²) in [5, 5.41) is 4.13. The van der Waals surface area contributed by atoms with Crippen LogP contribution in [0.1, 0.15) is 19.8 Å². The van der Waals surface area contributed by atoms with Crippen molar-refractivity contribution in [2.45, 2.75) is 25.9 Å². The van der Waals surface area contributed by atoms with Crippen molar-refractivity contribution < 1.29 is 9.57 Å². The van der Waals surface area contributed by atoms with Gasteiger partial charge in [0.1, 0.15) is 6.10 Å². The number of methoxy groups -OCH3 is 1. The summed E-state index contributed by atoms with van der Waals surface area (Å²) in [6.07, 6.45) is 3.91. The van der Waals surface area contributed by atoms with Crippen LogP contribution in [0.3, 0.4) is 0 Å². The summed E-state index contributed by atoms with van der Waals surface area (Å²) in [7, 11) is 1.62. The van der Waals surface area contributed by atoms with Crippen LogP contribution in [0.15, 0.2) is 17.4 Å². The van der Waals surface area contributed by atoms with Gasteiger partial charge in [0.15, 0.2) is 0 Å². The molecule has 1 fully saturated rings. The second-order valence-electron chi connectivity index (χ2n) is 5.63. The zero-order valence-corrected chi connectivity index (χ0v) is 13.2.